The van der Waals surface area contributed by atoms with Crippen molar-refractivity contribution in [2.45, 2.75) is 20.3 Å². The summed E-state index contributed by atoms with van der Waals surface area (Å²) >= 11 is 3.40. The lowest BCUT2D eigenvalue weighted by atomic mass is 10.2. The van der Waals surface area contributed by atoms with Crippen LogP contribution in [0.1, 0.15) is 18.9 Å². The number of amides is 1. The Hall–Kier alpha value is -2.01. The molecule has 0 saturated heterocycles. The number of aryl methyl sites for hydroxylation is 1. The van der Waals surface area contributed by atoms with Crippen LogP contribution < -0.4 is 14.8 Å². The summed E-state index contributed by atoms with van der Waals surface area (Å²) < 4.78 is 12.1. The molecule has 0 spiro atoms. The first-order valence-electron chi connectivity index (χ1n) is 7.50. The second-order valence-electron chi connectivity index (χ2n) is 5.12. The van der Waals surface area contributed by atoms with E-state index in [1.165, 1.54) is 0 Å². The minimum atomic E-state index is -0.208. The highest BCUT2D eigenvalue weighted by atomic mass is 79.9. The molecule has 23 heavy (non-hydrogen) atoms. The fraction of sp³-hybridized carbons (Fsp3) is 0.278. The summed E-state index contributed by atoms with van der Waals surface area (Å²) in [6.45, 7) is 4.60. The van der Waals surface area contributed by atoms with Gasteiger partial charge in [0.15, 0.2) is 6.61 Å². The van der Waals surface area contributed by atoms with Crippen molar-refractivity contribution >= 4 is 27.5 Å². The third kappa shape index (κ3) is 5.60. The highest BCUT2D eigenvalue weighted by molar-refractivity contribution is 9.10. The Morgan fingerprint density at radius 3 is 2.74 bits per heavy atom. The summed E-state index contributed by atoms with van der Waals surface area (Å²) in [5.41, 5.74) is 1.67. The van der Waals surface area contributed by atoms with E-state index in [4.69, 9.17) is 9.47 Å². The van der Waals surface area contributed by atoms with Crippen LogP contribution >= 0.6 is 15.9 Å². The van der Waals surface area contributed by atoms with Gasteiger partial charge in [-0.15, -0.1) is 0 Å². The van der Waals surface area contributed by atoms with Crippen LogP contribution in [-0.2, 0) is 4.79 Å². The normalized spacial score (nSPS) is 10.2. The third-order valence-corrected chi connectivity index (χ3v) is 3.58. The molecule has 2 rings (SSSR count). The van der Waals surface area contributed by atoms with Crippen molar-refractivity contribution < 1.29 is 14.3 Å². The zero-order chi connectivity index (χ0) is 16.7. The Bertz CT molecular complexity index is 673. The SMILES string of the molecule is CCCOc1cccc(NC(=O)COc2ccc(Br)cc2C)c1. The summed E-state index contributed by atoms with van der Waals surface area (Å²) in [7, 11) is 0. The van der Waals surface area contributed by atoms with Crippen molar-refractivity contribution in [3.05, 3.63) is 52.5 Å². The van der Waals surface area contributed by atoms with E-state index in [-0.39, 0.29) is 12.5 Å². The maximum Gasteiger partial charge on any atom is 0.262 e. The maximum atomic E-state index is 12.0. The van der Waals surface area contributed by atoms with Gasteiger partial charge in [-0.25, -0.2) is 0 Å². The Balaban J connectivity index is 1.89. The number of benzene rings is 2. The molecule has 2 aromatic carbocycles. The van der Waals surface area contributed by atoms with Crippen LogP contribution in [0.15, 0.2) is 46.9 Å². The van der Waals surface area contributed by atoms with Crippen molar-refractivity contribution in [3.63, 3.8) is 0 Å². The minimum Gasteiger partial charge on any atom is -0.494 e. The van der Waals surface area contributed by atoms with Gasteiger partial charge < -0.3 is 14.8 Å². The largest absolute Gasteiger partial charge is 0.494 e. The summed E-state index contributed by atoms with van der Waals surface area (Å²) in [6, 6.07) is 13.0. The van der Waals surface area contributed by atoms with Crippen molar-refractivity contribution in [3.8, 4) is 11.5 Å². The molecule has 122 valence electrons. The highest BCUT2D eigenvalue weighted by Crippen LogP contribution is 2.22. The molecule has 5 heteroatoms. The van der Waals surface area contributed by atoms with E-state index in [0.29, 0.717) is 18.0 Å². The molecule has 1 N–H and O–H groups in total. The Labute approximate surface area is 144 Å². The predicted octanol–water partition coefficient (Wildman–Crippen LogP) is 4.56. The van der Waals surface area contributed by atoms with Gasteiger partial charge in [0.25, 0.3) is 5.91 Å². The average Bonchev–Trinajstić information content (AvgIpc) is 2.52. The maximum absolute atomic E-state index is 12.0. The first-order chi connectivity index (χ1) is 11.1. The fourth-order valence-corrected chi connectivity index (χ4v) is 2.47. The summed E-state index contributed by atoms with van der Waals surface area (Å²) in [5, 5.41) is 2.81. The molecule has 2 aromatic rings. The predicted molar refractivity (Wildman–Crippen MR) is 95.2 cm³/mol. The third-order valence-electron chi connectivity index (χ3n) is 3.09. The second kappa shape index (κ2) is 8.58. The minimum absolute atomic E-state index is 0.0392. The lowest BCUT2D eigenvalue weighted by Crippen LogP contribution is -2.20. The number of ether oxygens (including phenoxy) is 2. The lowest BCUT2D eigenvalue weighted by Gasteiger charge is -2.11. The lowest BCUT2D eigenvalue weighted by molar-refractivity contribution is -0.118. The molecule has 0 atom stereocenters. The van der Waals surface area contributed by atoms with Crippen molar-refractivity contribution in [2.24, 2.45) is 0 Å². The number of halogens is 1. The van der Waals surface area contributed by atoms with Gasteiger partial charge >= 0.3 is 0 Å². The number of carbonyl (C=O) groups excluding carboxylic acids is 1. The molecule has 0 saturated carbocycles. The number of nitrogens with one attached hydrogen (secondary N) is 1. The van der Waals surface area contributed by atoms with Crippen LogP contribution in [0.3, 0.4) is 0 Å². The molecule has 0 aliphatic heterocycles. The number of hydrogen-bond acceptors (Lipinski definition) is 3. The fourth-order valence-electron chi connectivity index (χ4n) is 2.00. The molecule has 0 radical (unpaired) electrons. The molecule has 0 aliphatic rings. The van der Waals surface area contributed by atoms with E-state index >= 15 is 0 Å². The summed E-state index contributed by atoms with van der Waals surface area (Å²) in [5.74, 6) is 1.23. The molecule has 1 amide bonds. The van der Waals surface area contributed by atoms with Crippen LogP contribution in [0.4, 0.5) is 5.69 Å². The molecule has 0 bridgehead atoms. The number of hydrogen-bond donors (Lipinski definition) is 1. The van der Waals surface area contributed by atoms with Crippen molar-refractivity contribution in [1.82, 2.24) is 0 Å². The van der Waals surface area contributed by atoms with E-state index in [1.54, 1.807) is 6.07 Å². The van der Waals surface area contributed by atoms with Crippen LogP contribution in [0, 0.1) is 6.92 Å². The summed E-state index contributed by atoms with van der Waals surface area (Å²) in [4.78, 5) is 12.0. The molecule has 0 heterocycles. The molecular weight excluding hydrogens is 358 g/mol. The van der Waals surface area contributed by atoms with Gasteiger partial charge in [-0.05, 0) is 49.2 Å². The van der Waals surface area contributed by atoms with E-state index in [9.17, 15) is 4.79 Å². The van der Waals surface area contributed by atoms with Crippen molar-refractivity contribution in [2.75, 3.05) is 18.5 Å². The zero-order valence-electron chi connectivity index (χ0n) is 13.3. The van der Waals surface area contributed by atoms with Gasteiger partial charge in [0.1, 0.15) is 11.5 Å². The van der Waals surface area contributed by atoms with Crippen molar-refractivity contribution in [1.29, 1.82) is 0 Å². The summed E-state index contributed by atoms with van der Waals surface area (Å²) in [6.07, 6.45) is 0.941. The van der Waals surface area contributed by atoms with E-state index in [0.717, 1.165) is 22.2 Å². The van der Waals surface area contributed by atoms with E-state index < -0.39 is 0 Å². The van der Waals surface area contributed by atoms with E-state index in [2.05, 4.69) is 21.2 Å². The molecule has 0 aromatic heterocycles. The highest BCUT2D eigenvalue weighted by Gasteiger charge is 2.06. The van der Waals surface area contributed by atoms with Gasteiger partial charge in [0.2, 0.25) is 0 Å². The molecule has 0 unspecified atom stereocenters. The standard InChI is InChI=1S/C18H20BrNO3/c1-3-9-22-16-6-4-5-15(11-16)20-18(21)12-23-17-8-7-14(19)10-13(17)2/h4-8,10-11H,3,9,12H2,1-2H3,(H,20,21). The van der Waals surface area contributed by atoms with Gasteiger partial charge in [-0.2, -0.15) is 0 Å². The monoisotopic (exact) mass is 377 g/mol. The molecule has 0 aliphatic carbocycles. The molecular formula is C18H20BrNO3. The van der Waals surface area contributed by atoms with Crippen LogP contribution in [0.25, 0.3) is 0 Å². The van der Waals surface area contributed by atoms with Crippen LogP contribution in [-0.4, -0.2) is 19.1 Å². The zero-order valence-corrected chi connectivity index (χ0v) is 14.9. The smallest absolute Gasteiger partial charge is 0.262 e. The topological polar surface area (TPSA) is 47.6 Å². The van der Waals surface area contributed by atoms with Gasteiger partial charge in [-0.1, -0.05) is 28.9 Å². The molecule has 4 nitrogen and oxygen atoms in total. The van der Waals surface area contributed by atoms with Gasteiger partial charge in [0.05, 0.1) is 6.61 Å². The number of carbonyl (C=O) groups is 1. The first-order valence-corrected chi connectivity index (χ1v) is 8.29. The van der Waals surface area contributed by atoms with E-state index in [1.807, 2.05) is 50.2 Å². The van der Waals surface area contributed by atoms with Gasteiger partial charge in [-0.3, -0.25) is 4.79 Å². The van der Waals surface area contributed by atoms with Crippen LogP contribution in [0.5, 0.6) is 11.5 Å². The quantitative estimate of drug-likeness (QED) is 0.768. The second-order valence-corrected chi connectivity index (χ2v) is 6.04. The average molecular weight is 378 g/mol. The molecule has 0 fully saturated rings. The number of anilines is 1. The number of rotatable bonds is 7. The Kier molecular flexibility index (Phi) is 6.47. The van der Waals surface area contributed by atoms with Crippen LogP contribution in [0.2, 0.25) is 0 Å². The Morgan fingerprint density at radius 1 is 1.17 bits per heavy atom. The van der Waals surface area contributed by atoms with Gasteiger partial charge in [0, 0.05) is 16.2 Å². The Morgan fingerprint density at radius 2 is 2.00 bits per heavy atom. The first kappa shape index (κ1) is 17.3.